The molecule has 3 rings (SSSR count). The van der Waals surface area contributed by atoms with Crippen LogP contribution in [0, 0.1) is 13.8 Å². The molecule has 0 atom stereocenters. The fourth-order valence-electron chi connectivity index (χ4n) is 2.86. The van der Waals surface area contributed by atoms with Crippen LogP contribution in [-0.4, -0.2) is 37.5 Å². The molecule has 0 unspecified atom stereocenters. The lowest BCUT2D eigenvalue weighted by molar-refractivity contribution is -0.148. The number of nitrogens with one attached hydrogen (secondary N) is 1. The van der Waals surface area contributed by atoms with Crippen molar-refractivity contribution in [1.29, 1.82) is 0 Å². The van der Waals surface area contributed by atoms with Crippen molar-refractivity contribution in [3.8, 4) is 5.75 Å². The number of fused-ring (bicyclic) bond motifs is 1. The number of esters is 1. The fraction of sp³-hybridized carbons (Fsp3) is 0.286. The van der Waals surface area contributed by atoms with Crippen LogP contribution in [0.3, 0.4) is 0 Å². The molecule has 0 bridgehead atoms. The maximum Gasteiger partial charge on any atom is 0.309 e. The molecule has 28 heavy (non-hydrogen) atoms. The Hall–Kier alpha value is -3.35. The Morgan fingerprint density at radius 3 is 2.75 bits per heavy atom. The summed E-state index contributed by atoms with van der Waals surface area (Å²) in [4.78, 5) is 37.4. The van der Waals surface area contributed by atoms with Gasteiger partial charge in [-0.15, -0.1) is 0 Å². The summed E-state index contributed by atoms with van der Waals surface area (Å²) < 4.78 is 10.7. The summed E-state index contributed by atoms with van der Waals surface area (Å²) in [7, 11) is 0. The number of para-hydroxylation sites is 2. The van der Waals surface area contributed by atoms with Gasteiger partial charge in [0.05, 0.1) is 24.4 Å². The van der Waals surface area contributed by atoms with Crippen LogP contribution in [0.4, 0.5) is 11.4 Å². The summed E-state index contributed by atoms with van der Waals surface area (Å²) in [6, 6.07) is 12.8. The summed E-state index contributed by atoms with van der Waals surface area (Å²) in [6.45, 7) is 3.52. The van der Waals surface area contributed by atoms with Crippen molar-refractivity contribution in [2.24, 2.45) is 0 Å². The van der Waals surface area contributed by atoms with Gasteiger partial charge in [0.2, 0.25) is 5.91 Å². The third-order valence-electron chi connectivity index (χ3n) is 4.34. The minimum atomic E-state index is -0.534. The Labute approximate surface area is 163 Å². The zero-order valence-corrected chi connectivity index (χ0v) is 15.9. The van der Waals surface area contributed by atoms with Gasteiger partial charge in [0.1, 0.15) is 12.3 Å². The van der Waals surface area contributed by atoms with E-state index in [4.69, 9.17) is 9.47 Å². The highest BCUT2D eigenvalue weighted by Gasteiger charge is 2.27. The van der Waals surface area contributed by atoms with Gasteiger partial charge >= 0.3 is 5.97 Å². The zero-order valence-electron chi connectivity index (χ0n) is 15.9. The lowest BCUT2D eigenvalue weighted by atomic mass is 10.1. The second-order valence-electron chi connectivity index (χ2n) is 6.57. The molecule has 0 aromatic heterocycles. The normalized spacial score (nSPS) is 12.8. The van der Waals surface area contributed by atoms with E-state index in [-0.39, 0.29) is 25.5 Å². The van der Waals surface area contributed by atoms with E-state index in [1.165, 1.54) is 4.90 Å². The molecule has 1 N–H and O–H groups in total. The predicted octanol–water partition coefficient (Wildman–Crippen LogP) is 2.60. The standard InChI is InChI=1S/C21H22N2O5/c1-14-7-8-15(2)18(11-14)27-10-9-21(26)28-13-20(25)23-12-19(24)22-16-5-3-4-6-17(16)23/h3-8,11H,9-10,12-13H2,1-2H3,(H,22,24). The number of rotatable bonds is 6. The first kappa shape index (κ1) is 19.4. The van der Waals surface area contributed by atoms with Gasteiger partial charge in [-0.3, -0.25) is 19.3 Å². The number of hydrogen-bond acceptors (Lipinski definition) is 5. The van der Waals surface area contributed by atoms with E-state index in [0.29, 0.717) is 11.4 Å². The first-order valence-corrected chi connectivity index (χ1v) is 8.99. The molecule has 2 aromatic carbocycles. The largest absolute Gasteiger partial charge is 0.493 e. The van der Waals surface area contributed by atoms with Gasteiger partial charge < -0.3 is 14.8 Å². The quantitative estimate of drug-likeness (QED) is 0.777. The highest BCUT2D eigenvalue weighted by Crippen LogP contribution is 2.28. The molecule has 1 heterocycles. The van der Waals surface area contributed by atoms with Crippen molar-refractivity contribution < 1.29 is 23.9 Å². The molecule has 1 aliphatic rings. The first-order valence-electron chi connectivity index (χ1n) is 8.99. The Morgan fingerprint density at radius 2 is 1.93 bits per heavy atom. The van der Waals surface area contributed by atoms with Gasteiger partial charge in [0.25, 0.3) is 5.91 Å². The Morgan fingerprint density at radius 1 is 1.14 bits per heavy atom. The Balaban J connectivity index is 1.49. The average molecular weight is 382 g/mol. The predicted molar refractivity (Wildman–Crippen MR) is 104 cm³/mol. The average Bonchev–Trinajstić information content (AvgIpc) is 2.68. The Bertz CT molecular complexity index is 909. The number of ether oxygens (including phenoxy) is 2. The molecule has 7 heteroatoms. The molecule has 2 amide bonds. The molecule has 146 valence electrons. The molecule has 2 aromatic rings. The molecule has 0 saturated carbocycles. The van der Waals surface area contributed by atoms with Crippen LogP contribution in [0.5, 0.6) is 5.75 Å². The molecular formula is C21H22N2O5. The second kappa shape index (κ2) is 8.56. The summed E-state index contributed by atoms with van der Waals surface area (Å²) in [5.41, 5.74) is 3.19. The van der Waals surface area contributed by atoms with E-state index in [2.05, 4.69) is 5.32 Å². The summed E-state index contributed by atoms with van der Waals surface area (Å²) in [6.07, 6.45) is 0.0255. The summed E-state index contributed by atoms with van der Waals surface area (Å²) >= 11 is 0. The van der Waals surface area contributed by atoms with Crippen molar-refractivity contribution in [2.45, 2.75) is 20.3 Å². The van der Waals surface area contributed by atoms with Gasteiger partial charge in [0.15, 0.2) is 6.61 Å². The number of anilines is 2. The number of carbonyl (C=O) groups is 3. The van der Waals surface area contributed by atoms with Crippen LogP contribution < -0.4 is 15.0 Å². The van der Waals surface area contributed by atoms with E-state index < -0.39 is 18.5 Å². The highest BCUT2D eigenvalue weighted by molar-refractivity contribution is 6.10. The van der Waals surface area contributed by atoms with E-state index in [9.17, 15) is 14.4 Å². The van der Waals surface area contributed by atoms with Crippen molar-refractivity contribution in [2.75, 3.05) is 30.0 Å². The van der Waals surface area contributed by atoms with Crippen molar-refractivity contribution in [3.63, 3.8) is 0 Å². The number of aryl methyl sites for hydroxylation is 2. The topological polar surface area (TPSA) is 84.9 Å². The number of hydrogen-bond donors (Lipinski definition) is 1. The molecule has 0 aliphatic carbocycles. The maximum atomic E-state index is 12.4. The summed E-state index contributed by atoms with van der Waals surface area (Å²) in [5.74, 6) is -0.556. The Kier molecular flexibility index (Phi) is 5.93. The van der Waals surface area contributed by atoms with Gasteiger partial charge in [-0.2, -0.15) is 0 Å². The van der Waals surface area contributed by atoms with Crippen LogP contribution in [0.25, 0.3) is 0 Å². The SMILES string of the molecule is Cc1ccc(C)c(OCCC(=O)OCC(=O)N2CC(=O)Nc3ccccc32)c1. The maximum absolute atomic E-state index is 12.4. The van der Waals surface area contributed by atoms with Gasteiger partial charge in [-0.05, 0) is 43.2 Å². The minimum Gasteiger partial charge on any atom is -0.493 e. The van der Waals surface area contributed by atoms with Gasteiger partial charge in [-0.25, -0.2) is 0 Å². The monoisotopic (exact) mass is 382 g/mol. The van der Waals surface area contributed by atoms with E-state index in [0.717, 1.165) is 16.9 Å². The van der Waals surface area contributed by atoms with Crippen molar-refractivity contribution in [3.05, 3.63) is 53.6 Å². The number of amides is 2. The van der Waals surface area contributed by atoms with Crippen molar-refractivity contribution >= 4 is 29.2 Å². The molecule has 0 saturated heterocycles. The molecule has 0 spiro atoms. The smallest absolute Gasteiger partial charge is 0.309 e. The molecule has 0 fully saturated rings. The lowest BCUT2D eigenvalue weighted by Crippen LogP contribution is -2.44. The second-order valence-corrected chi connectivity index (χ2v) is 6.57. The van der Waals surface area contributed by atoms with Crippen LogP contribution in [0.2, 0.25) is 0 Å². The minimum absolute atomic E-state index is 0.0255. The van der Waals surface area contributed by atoms with Gasteiger partial charge in [-0.1, -0.05) is 24.3 Å². The van der Waals surface area contributed by atoms with Crippen molar-refractivity contribution in [1.82, 2.24) is 0 Å². The number of benzene rings is 2. The molecule has 0 radical (unpaired) electrons. The zero-order chi connectivity index (χ0) is 20.1. The molecule has 7 nitrogen and oxygen atoms in total. The van der Waals surface area contributed by atoms with E-state index >= 15 is 0 Å². The van der Waals surface area contributed by atoms with E-state index in [1.54, 1.807) is 24.3 Å². The van der Waals surface area contributed by atoms with Crippen LogP contribution in [0.1, 0.15) is 17.5 Å². The highest BCUT2D eigenvalue weighted by atomic mass is 16.5. The van der Waals surface area contributed by atoms with Crippen LogP contribution in [-0.2, 0) is 19.1 Å². The molecule has 1 aliphatic heterocycles. The van der Waals surface area contributed by atoms with E-state index in [1.807, 2.05) is 32.0 Å². The number of carbonyl (C=O) groups excluding carboxylic acids is 3. The lowest BCUT2D eigenvalue weighted by Gasteiger charge is -2.28. The fourth-order valence-corrected chi connectivity index (χ4v) is 2.86. The van der Waals surface area contributed by atoms with Crippen LogP contribution in [0.15, 0.2) is 42.5 Å². The third-order valence-corrected chi connectivity index (χ3v) is 4.34. The number of nitrogens with zero attached hydrogens (tertiary/aromatic N) is 1. The third kappa shape index (κ3) is 4.68. The summed E-state index contributed by atoms with van der Waals surface area (Å²) in [5, 5.41) is 2.70. The first-order chi connectivity index (χ1) is 13.4. The van der Waals surface area contributed by atoms with Crippen LogP contribution >= 0.6 is 0 Å². The molecular weight excluding hydrogens is 360 g/mol. The van der Waals surface area contributed by atoms with Gasteiger partial charge in [0, 0.05) is 0 Å².